The lowest BCUT2D eigenvalue weighted by Crippen LogP contribution is -2.56. The zero-order chi connectivity index (χ0) is 15.5. The van der Waals surface area contributed by atoms with Crippen LogP contribution in [0.1, 0.15) is 33.6 Å². The second-order valence-corrected chi connectivity index (χ2v) is 6.76. The topological polar surface area (TPSA) is 72.9 Å². The fraction of sp³-hybridized carbons (Fsp3) is 0.857. The molecule has 2 atom stereocenters. The molecule has 116 valence electrons. The molecule has 6 heteroatoms. The van der Waals surface area contributed by atoms with Crippen molar-refractivity contribution in [1.29, 1.82) is 0 Å². The first kappa shape index (κ1) is 16.8. The second-order valence-electron chi connectivity index (χ2n) is 6.76. The van der Waals surface area contributed by atoms with Gasteiger partial charge in [0, 0.05) is 19.6 Å². The summed E-state index contributed by atoms with van der Waals surface area (Å²) in [5, 5.41) is 11.9. The zero-order valence-electron chi connectivity index (χ0n) is 13.1. The minimum absolute atomic E-state index is 0.142. The van der Waals surface area contributed by atoms with Gasteiger partial charge in [-0.3, -0.25) is 0 Å². The smallest absolute Gasteiger partial charge is 0.326 e. The standard InChI is InChI=1S/C14H27N3O3/c1-14(2,3)11(12(18)19)15-13(20)17(5)10-7-6-8-16(4)9-10/h10-11H,6-9H2,1-5H3,(H,15,20)(H,18,19)/t10?,11-/m0/s1. The van der Waals surface area contributed by atoms with Crippen LogP contribution in [0.5, 0.6) is 0 Å². The SMILES string of the molecule is CN1CCCC(N(C)C(=O)N[C@@H](C(=O)O)C(C)(C)C)C1. The van der Waals surface area contributed by atoms with Crippen molar-refractivity contribution in [2.24, 2.45) is 5.41 Å². The number of carboxylic acids is 1. The molecule has 2 amide bonds. The Morgan fingerprint density at radius 3 is 2.45 bits per heavy atom. The number of hydrogen-bond donors (Lipinski definition) is 2. The Bertz CT molecular complexity index is 365. The normalized spacial score (nSPS) is 22.1. The Morgan fingerprint density at radius 2 is 2.00 bits per heavy atom. The lowest BCUT2D eigenvalue weighted by Gasteiger charge is -2.37. The van der Waals surface area contributed by atoms with Gasteiger partial charge in [0.2, 0.25) is 0 Å². The number of nitrogens with zero attached hydrogens (tertiary/aromatic N) is 2. The van der Waals surface area contributed by atoms with Crippen LogP contribution in [0.15, 0.2) is 0 Å². The molecule has 1 heterocycles. The third kappa shape index (κ3) is 4.37. The molecular weight excluding hydrogens is 258 g/mol. The molecule has 1 unspecified atom stereocenters. The van der Waals surface area contributed by atoms with Gasteiger partial charge in [0.25, 0.3) is 0 Å². The van der Waals surface area contributed by atoms with E-state index in [0.717, 1.165) is 25.9 Å². The van der Waals surface area contributed by atoms with E-state index >= 15 is 0 Å². The Labute approximate surface area is 121 Å². The third-order valence-corrected chi connectivity index (χ3v) is 3.85. The molecule has 0 aromatic heterocycles. The van der Waals surface area contributed by atoms with Gasteiger partial charge in [-0.1, -0.05) is 20.8 Å². The summed E-state index contributed by atoms with van der Waals surface area (Å²) in [6, 6.07) is -1.06. The number of amides is 2. The molecule has 0 saturated carbocycles. The summed E-state index contributed by atoms with van der Waals surface area (Å²) in [5.41, 5.74) is -0.522. The van der Waals surface area contributed by atoms with Gasteiger partial charge < -0.3 is 20.2 Å². The predicted molar refractivity (Wildman–Crippen MR) is 77.7 cm³/mol. The van der Waals surface area contributed by atoms with Crippen LogP contribution in [0.3, 0.4) is 0 Å². The fourth-order valence-corrected chi connectivity index (χ4v) is 2.50. The number of aliphatic carboxylic acids is 1. The largest absolute Gasteiger partial charge is 0.480 e. The van der Waals surface area contributed by atoms with Crippen LogP contribution in [0.4, 0.5) is 4.79 Å². The van der Waals surface area contributed by atoms with Gasteiger partial charge in [-0.25, -0.2) is 9.59 Å². The van der Waals surface area contributed by atoms with Gasteiger partial charge in [-0.15, -0.1) is 0 Å². The van der Waals surface area contributed by atoms with Crippen molar-refractivity contribution in [2.45, 2.75) is 45.7 Å². The maximum Gasteiger partial charge on any atom is 0.326 e. The monoisotopic (exact) mass is 285 g/mol. The second kappa shape index (κ2) is 6.43. The maximum absolute atomic E-state index is 12.2. The van der Waals surface area contributed by atoms with Gasteiger partial charge >= 0.3 is 12.0 Å². The zero-order valence-corrected chi connectivity index (χ0v) is 13.1. The minimum Gasteiger partial charge on any atom is -0.480 e. The van der Waals surface area contributed by atoms with Gasteiger partial charge in [-0.05, 0) is 31.8 Å². The van der Waals surface area contributed by atoms with Crippen LogP contribution < -0.4 is 5.32 Å². The summed E-state index contributed by atoms with van der Waals surface area (Å²) in [4.78, 5) is 27.4. The van der Waals surface area contributed by atoms with Crippen molar-refractivity contribution in [3.8, 4) is 0 Å². The highest BCUT2D eigenvalue weighted by molar-refractivity contribution is 5.83. The van der Waals surface area contributed by atoms with E-state index in [2.05, 4.69) is 10.2 Å². The first-order chi connectivity index (χ1) is 9.12. The molecule has 1 saturated heterocycles. The summed E-state index contributed by atoms with van der Waals surface area (Å²) in [5.74, 6) is -1.000. The number of likely N-dealkylation sites (N-methyl/N-ethyl adjacent to an activating group) is 2. The summed E-state index contributed by atoms with van der Waals surface area (Å²) in [7, 11) is 3.77. The molecule has 0 aromatic rings. The highest BCUT2D eigenvalue weighted by Gasteiger charge is 2.34. The third-order valence-electron chi connectivity index (χ3n) is 3.85. The summed E-state index contributed by atoms with van der Waals surface area (Å²) in [6.45, 7) is 7.30. The van der Waals surface area contributed by atoms with Gasteiger partial charge in [0.15, 0.2) is 0 Å². The van der Waals surface area contributed by atoms with Crippen LogP contribution in [0, 0.1) is 5.41 Å². The molecule has 2 N–H and O–H groups in total. The molecule has 1 aliphatic rings. The number of likely N-dealkylation sites (tertiary alicyclic amines) is 1. The molecule has 0 spiro atoms. The molecule has 1 aliphatic heterocycles. The molecule has 0 radical (unpaired) electrons. The summed E-state index contributed by atoms with van der Waals surface area (Å²) in [6.07, 6.45) is 2.02. The number of piperidine rings is 1. The molecule has 6 nitrogen and oxygen atoms in total. The van der Waals surface area contributed by atoms with Gasteiger partial charge in [-0.2, -0.15) is 0 Å². The van der Waals surface area contributed by atoms with Crippen molar-refractivity contribution in [2.75, 3.05) is 27.2 Å². The molecule has 0 bridgehead atoms. The first-order valence-electron chi connectivity index (χ1n) is 7.07. The van der Waals surface area contributed by atoms with Gasteiger partial charge in [0.05, 0.1) is 0 Å². The van der Waals surface area contributed by atoms with E-state index in [1.807, 2.05) is 7.05 Å². The number of rotatable bonds is 3. The van der Waals surface area contributed by atoms with Crippen LogP contribution in [-0.4, -0.2) is 66.2 Å². The number of urea groups is 1. The number of carbonyl (C=O) groups excluding carboxylic acids is 1. The molecule has 0 aliphatic carbocycles. The molecule has 0 aromatic carbocycles. The van der Waals surface area contributed by atoms with Crippen molar-refractivity contribution in [3.63, 3.8) is 0 Å². The van der Waals surface area contributed by atoms with Crippen LogP contribution >= 0.6 is 0 Å². The molecule has 1 fully saturated rings. The van der Waals surface area contributed by atoms with Crippen molar-refractivity contribution >= 4 is 12.0 Å². The number of nitrogens with one attached hydrogen (secondary N) is 1. The van der Waals surface area contributed by atoms with Gasteiger partial charge in [0.1, 0.15) is 6.04 Å². The lowest BCUT2D eigenvalue weighted by atomic mass is 9.87. The molecule has 20 heavy (non-hydrogen) atoms. The summed E-state index contributed by atoms with van der Waals surface area (Å²) >= 11 is 0. The van der Waals surface area contributed by atoms with E-state index < -0.39 is 17.4 Å². The minimum atomic E-state index is -1.000. The predicted octanol–water partition coefficient (Wildman–Crippen LogP) is 1.22. The van der Waals surface area contributed by atoms with Crippen molar-refractivity contribution < 1.29 is 14.7 Å². The Kier molecular flexibility index (Phi) is 5.39. The number of carboxylic acid groups (broad SMARTS) is 1. The van der Waals surface area contributed by atoms with Crippen LogP contribution in [0.2, 0.25) is 0 Å². The Hall–Kier alpha value is -1.30. The lowest BCUT2D eigenvalue weighted by molar-refractivity contribution is -0.142. The number of carbonyl (C=O) groups is 2. The average Bonchev–Trinajstić information content (AvgIpc) is 2.32. The van der Waals surface area contributed by atoms with Crippen LogP contribution in [-0.2, 0) is 4.79 Å². The maximum atomic E-state index is 12.2. The fourth-order valence-electron chi connectivity index (χ4n) is 2.50. The number of hydrogen-bond acceptors (Lipinski definition) is 3. The van der Waals surface area contributed by atoms with Crippen LogP contribution in [0.25, 0.3) is 0 Å². The van der Waals surface area contributed by atoms with E-state index in [0.29, 0.717) is 0 Å². The van der Waals surface area contributed by atoms with E-state index in [-0.39, 0.29) is 12.1 Å². The highest BCUT2D eigenvalue weighted by atomic mass is 16.4. The Balaban J connectivity index is 2.66. The first-order valence-corrected chi connectivity index (χ1v) is 7.07. The van der Waals surface area contributed by atoms with E-state index in [1.165, 1.54) is 0 Å². The summed E-state index contributed by atoms with van der Waals surface area (Å²) < 4.78 is 0. The van der Waals surface area contributed by atoms with Crippen molar-refractivity contribution in [3.05, 3.63) is 0 Å². The molecular formula is C14H27N3O3. The Morgan fingerprint density at radius 1 is 1.40 bits per heavy atom. The van der Waals surface area contributed by atoms with E-state index in [4.69, 9.17) is 0 Å². The van der Waals surface area contributed by atoms with E-state index in [9.17, 15) is 14.7 Å². The molecule has 1 rings (SSSR count). The highest BCUT2D eigenvalue weighted by Crippen LogP contribution is 2.20. The van der Waals surface area contributed by atoms with E-state index in [1.54, 1.807) is 32.7 Å². The average molecular weight is 285 g/mol. The quantitative estimate of drug-likeness (QED) is 0.818. The van der Waals surface area contributed by atoms with Crippen molar-refractivity contribution in [1.82, 2.24) is 15.1 Å².